The molecule has 0 N–H and O–H groups in total. The molecule has 66 valence electrons. The molecule has 3 heteroatoms. The second-order valence-corrected chi connectivity index (χ2v) is 2.92. The highest BCUT2D eigenvalue weighted by atomic mass is 16.5. The Hall–Kier alpha value is -1.64. The van der Waals surface area contributed by atoms with E-state index in [9.17, 15) is 9.59 Å². The molecule has 0 bridgehead atoms. The highest BCUT2D eigenvalue weighted by Crippen LogP contribution is 2.28. The highest BCUT2D eigenvalue weighted by Gasteiger charge is 2.30. The molecule has 0 heterocycles. The van der Waals surface area contributed by atoms with Gasteiger partial charge < -0.3 is 4.74 Å². The highest BCUT2D eigenvalue weighted by molar-refractivity contribution is 6.47. The van der Waals surface area contributed by atoms with E-state index in [0.717, 1.165) is 5.56 Å². The van der Waals surface area contributed by atoms with E-state index in [1.807, 2.05) is 0 Å². The summed E-state index contributed by atoms with van der Waals surface area (Å²) in [6.07, 6.45) is 0.214. The maximum atomic E-state index is 11.3. The second-order valence-electron chi connectivity index (χ2n) is 2.92. The fraction of sp³-hybridized carbons (Fsp3) is 0.200. The van der Waals surface area contributed by atoms with E-state index in [1.165, 1.54) is 7.11 Å². The second kappa shape index (κ2) is 2.69. The Morgan fingerprint density at radius 1 is 1.31 bits per heavy atom. The molecule has 3 nitrogen and oxygen atoms in total. The number of methoxy groups -OCH3 is 1. The first-order valence-electron chi connectivity index (χ1n) is 3.97. The minimum atomic E-state index is -0.424. The lowest BCUT2D eigenvalue weighted by Crippen LogP contribution is -2.06. The molecule has 0 fully saturated rings. The van der Waals surface area contributed by atoms with Crippen LogP contribution in [0.4, 0.5) is 0 Å². The topological polar surface area (TPSA) is 43.4 Å². The van der Waals surface area contributed by atoms with Gasteiger partial charge in [0.15, 0.2) is 0 Å². The number of benzene rings is 1. The van der Waals surface area contributed by atoms with Crippen molar-refractivity contribution in [1.82, 2.24) is 0 Å². The number of carbonyl (C=O) groups is 2. The van der Waals surface area contributed by atoms with Crippen molar-refractivity contribution in [2.45, 2.75) is 6.42 Å². The van der Waals surface area contributed by atoms with Gasteiger partial charge in [0.2, 0.25) is 11.6 Å². The van der Waals surface area contributed by atoms with Crippen LogP contribution in [0.3, 0.4) is 0 Å². The Kier molecular flexibility index (Phi) is 1.65. The van der Waals surface area contributed by atoms with Crippen LogP contribution in [-0.2, 0) is 11.2 Å². The van der Waals surface area contributed by atoms with Crippen molar-refractivity contribution >= 4 is 11.6 Å². The summed E-state index contributed by atoms with van der Waals surface area (Å²) in [4.78, 5) is 22.4. The molecule has 1 aliphatic carbocycles. The average molecular weight is 176 g/mol. The molecule has 0 unspecified atom stereocenters. The predicted octanol–water partition coefficient (Wildman–Crippen LogP) is 1.00. The molecular weight excluding hydrogens is 168 g/mol. The molecule has 1 aromatic rings. The number of ether oxygens (including phenoxy) is 1. The maximum absolute atomic E-state index is 11.3. The molecule has 0 saturated heterocycles. The zero-order valence-electron chi connectivity index (χ0n) is 7.16. The van der Waals surface area contributed by atoms with Gasteiger partial charge in [-0.1, -0.05) is 12.1 Å². The van der Waals surface area contributed by atoms with E-state index in [0.29, 0.717) is 11.3 Å². The van der Waals surface area contributed by atoms with E-state index >= 15 is 0 Å². The van der Waals surface area contributed by atoms with Crippen LogP contribution in [-0.4, -0.2) is 18.7 Å². The average Bonchev–Trinajstić information content (AvgIpc) is 2.43. The van der Waals surface area contributed by atoms with Crippen LogP contribution in [0.25, 0.3) is 0 Å². The number of carbonyl (C=O) groups excluding carboxylic acids is 2. The van der Waals surface area contributed by atoms with Gasteiger partial charge in [-0.15, -0.1) is 0 Å². The van der Waals surface area contributed by atoms with E-state index in [1.54, 1.807) is 18.2 Å². The molecule has 0 saturated carbocycles. The lowest BCUT2D eigenvalue weighted by molar-refractivity contribution is -0.114. The minimum Gasteiger partial charge on any atom is -0.496 e. The summed E-state index contributed by atoms with van der Waals surface area (Å²) >= 11 is 0. The van der Waals surface area contributed by atoms with Gasteiger partial charge >= 0.3 is 0 Å². The Morgan fingerprint density at radius 3 is 2.77 bits per heavy atom. The molecular formula is C10H8O3. The van der Waals surface area contributed by atoms with Gasteiger partial charge in [0.1, 0.15) is 5.75 Å². The molecule has 0 atom stereocenters. The number of Topliss-reactive ketones (excluding diaryl/α,β-unsaturated/α-hetero) is 2. The molecule has 1 aromatic carbocycles. The van der Waals surface area contributed by atoms with Crippen LogP contribution in [0.5, 0.6) is 5.75 Å². The van der Waals surface area contributed by atoms with Crippen LogP contribution < -0.4 is 4.74 Å². The first kappa shape index (κ1) is 7.98. The van der Waals surface area contributed by atoms with Crippen molar-refractivity contribution in [3.63, 3.8) is 0 Å². The summed E-state index contributed by atoms with van der Waals surface area (Å²) in [5, 5.41) is 0. The van der Waals surface area contributed by atoms with Crippen LogP contribution in [0.15, 0.2) is 18.2 Å². The standard InChI is InChI=1S/C10H8O3/c1-13-8-4-2-3-6-5-7(11)10(12)9(6)8/h2-4H,5H2,1H3. The summed E-state index contributed by atoms with van der Waals surface area (Å²) in [5.41, 5.74) is 1.21. The van der Waals surface area contributed by atoms with Gasteiger partial charge in [0.25, 0.3) is 0 Å². The van der Waals surface area contributed by atoms with Crippen LogP contribution in [0.1, 0.15) is 15.9 Å². The predicted molar refractivity (Wildman–Crippen MR) is 46.0 cm³/mol. The zero-order chi connectivity index (χ0) is 9.42. The smallest absolute Gasteiger partial charge is 0.232 e. The van der Waals surface area contributed by atoms with E-state index in [4.69, 9.17) is 4.74 Å². The first-order chi connectivity index (χ1) is 6.24. The summed E-state index contributed by atoms with van der Waals surface area (Å²) in [5.74, 6) is -0.277. The van der Waals surface area contributed by atoms with Gasteiger partial charge in [-0.3, -0.25) is 9.59 Å². The third-order valence-corrected chi connectivity index (χ3v) is 2.16. The van der Waals surface area contributed by atoms with E-state index < -0.39 is 5.78 Å². The van der Waals surface area contributed by atoms with Crippen molar-refractivity contribution in [2.24, 2.45) is 0 Å². The maximum Gasteiger partial charge on any atom is 0.232 e. The summed E-state index contributed by atoms with van der Waals surface area (Å²) in [6, 6.07) is 5.25. The molecule has 0 amide bonds. The number of rotatable bonds is 1. The summed E-state index contributed by atoms with van der Waals surface area (Å²) < 4.78 is 5.00. The lowest BCUT2D eigenvalue weighted by Gasteiger charge is -2.03. The Labute approximate surface area is 75.3 Å². The molecule has 1 aliphatic rings. The largest absolute Gasteiger partial charge is 0.496 e. The van der Waals surface area contributed by atoms with E-state index in [2.05, 4.69) is 0 Å². The molecule has 0 aliphatic heterocycles. The fourth-order valence-electron chi connectivity index (χ4n) is 1.54. The number of fused-ring (bicyclic) bond motifs is 1. The van der Waals surface area contributed by atoms with Gasteiger partial charge in [-0.05, 0) is 11.6 Å². The molecule has 13 heavy (non-hydrogen) atoms. The quantitative estimate of drug-likeness (QED) is 0.599. The third-order valence-electron chi connectivity index (χ3n) is 2.16. The van der Waals surface area contributed by atoms with Crippen molar-refractivity contribution in [3.05, 3.63) is 29.3 Å². The van der Waals surface area contributed by atoms with Gasteiger partial charge in [0.05, 0.1) is 12.7 Å². The van der Waals surface area contributed by atoms with Crippen LogP contribution >= 0.6 is 0 Å². The normalized spacial score (nSPS) is 14.5. The fourth-order valence-corrected chi connectivity index (χ4v) is 1.54. The Balaban J connectivity index is 2.64. The first-order valence-corrected chi connectivity index (χ1v) is 3.97. The number of hydrogen-bond acceptors (Lipinski definition) is 3. The number of hydrogen-bond donors (Lipinski definition) is 0. The molecule has 0 spiro atoms. The van der Waals surface area contributed by atoms with Gasteiger partial charge in [-0.2, -0.15) is 0 Å². The Bertz CT molecular complexity index is 393. The number of ketones is 2. The molecule has 0 aromatic heterocycles. The van der Waals surface area contributed by atoms with Crippen molar-refractivity contribution in [1.29, 1.82) is 0 Å². The molecule has 2 rings (SSSR count). The van der Waals surface area contributed by atoms with Crippen molar-refractivity contribution in [3.8, 4) is 5.75 Å². The lowest BCUT2D eigenvalue weighted by atomic mass is 10.1. The van der Waals surface area contributed by atoms with Gasteiger partial charge in [0, 0.05) is 6.42 Å². The van der Waals surface area contributed by atoms with E-state index in [-0.39, 0.29) is 12.2 Å². The van der Waals surface area contributed by atoms with Crippen LogP contribution in [0.2, 0.25) is 0 Å². The van der Waals surface area contributed by atoms with Crippen LogP contribution in [0, 0.1) is 0 Å². The Morgan fingerprint density at radius 2 is 2.08 bits per heavy atom. The van der Waals surface area contributed by atoms with Crippen molar-refractivity contribution < 1.29 is 14.3 Å². The SMILES string of the molecule is COc1cccc2c1C(=O)C(=O)C2. The summed E-state index contributed by atoms with van der Waals surface area (Å²) in [7, 11) is 1.49. The summed E-state index contributed by atoms with van der Waals surface area (Å²) in [6.45, 7) is 0. The minimum absolute atomic E-state index is 0.214. The zero-order valence-corrected chi connectivity index (χ0v) is 7.16. The van der Waals surface area contributed by atoms with Gasteiger partial charge in [-0.25, -0.2) is 0 Å². The van der Waals surface area contributed by atoms with Crippen molar-refractivity contribution in [2.75, 3.05) is 7.11 Å². The monoisotopic (exact) mass is 176 g/mol. The molecule has 0 radical (unpaired) electrons. The third kappa shape index (κ3) is 1.04.